The van der Waals surface area contributed by atoms with Crippen LogP contribution in [0.1, 0.15) is 122 Å². The molecule has 10 N–H and O–H groups in total. The average molecular weight is 1220 g/mol. The number of ether oxygens (including phenoxy) is 5. The first-order chi connectivity index (χ1) is 40.7. The van der Waals surface area contributed by atoms with Gasteiger partial charge in [0, 0.05) is 56.9 Å². The second-order valence-electron chi connectivity index (χ2n) is 22.7. The SMILES string of the molecule is COc1ccc(C[C@H]2NC(=O)/C=C/CC([C@H](C)[C@H]3O[C@@H]3c3ccc(CNC(=O)OCc4ccc(NC(=O)[C@H](CCCNC(N)=O)NC(=O)[C@@H](NC(=O)CCCC(=O)O)C(C)C)cc4)cc3)OC(=O)[C@H](CC(C)C)OC(=O)C(C)(C)CNC2=O)cc1Cl. The Hall–Kier alpha value is -8.25. The summed E-state index contributed by atoms with van der Waals surface area (Å²) in [5.74, 6) is -5.82. The molecule has 1 saturated heterocycles. The molecule has 468 valence electrons. The Morgan fingerprint density at radius 2 is 1.53 bits per heavy atom. The van der Waals surface area contributed by atoms with E-state index in [9.17, 15) is 47.9 Å². The molecular weight excluding hydrogens is 1140 g/mol. The predicted octanol–water partition coefficient (Wildman–Crippen LogP) is 5.82. The summed E-state index contributed by atoms with van der Waals surface area (Å²) in [6.07, 6.45) is -0.314. The molecule has 0 spiro atoms. The van der Waals surface area contributed by atoms with Crippen LogP contribution in [0, 0.1) is 23.2 Å². The van der Waals surface area contributed by atoms with Gasteiger partial charge in [-0.3, -0.25) is 33.6 Å². The molecule has 86 heavy (non-hydrogen) atoms. The number of nitrogens with one attached hydrogen (secondary N) is 7. The Morgan fingerprint density at radius 1 is 0.849 bits per heavy atom. The molecule has 8 atom stereocenters. The second-order valence-corrected chi connectivity index (χ2v) is 23.1. The Labute approximate surface area is 505 Å². The van der Waals surface area contributed by atoms with Crippen LogP contribution < -0.4 is 47.7 Å². The summed E-state index contributed by atoms with van der Waals surface area (Å²) in [6, 6.07) is 14.9. The van der Waals surface area contributed by atoms with Gasteiger partial charge in [-0.2, -0.15) is 0 Å². The van der Waals surface area contributed by atoms with Gasteiger partial charge < -0.3 is 71.7 Å². The van der Waals surface area contributed by atoms with Crippen molar-refractivity contribution in [2.75, 3.05) is 25.5 Å². The molecular formula is C61H81ClN8O16. The van der Waals surface area contributed by atoms with Gasteiger partial charge in [-0.1, -0.05) is 94.8 Å². The number of esters is 2. The van der Waals surface area contributed by atoms with Crippen LogP contribution in [-0.4, -0.2) is 121 Å². The lowest BCUT2D eigenvalue weighted by Crippen LogP contribution is -2.54. The number of benzene rings is 3. The summed E-state index contributed by atoms with van der Waals surface area (Å²) < 4.78 is 28.9. The number of halogens is 1. The largest absolute Gasteiger partial charge is 0.495 e. The molecule has 2 heterocycles. The van der Waals surface area contributed by atoms with Crippen molar-refractivity contribution in [2.45, 2.75) is 156 Å². The third-order valence-electron chi connectivity index (χ3n) is 14.3. The van der Waals surface area contributed by atoms with E-state index < -0.39 is 107 Å². The number of epoxide rings is 1. The fraction of sp³-hybridized carbons (Fsp3) is 0.508. The maximum Gasteiger partial charge on any atom is 0.407 e. The number of alkyl carbamates (subject to hydrolysis) is 1. The number of carbonyl (C=O) groups is 10. The van der Waals surface area contributed by atoms with Crippen molar-refractivity contribution in [3.63, 3.8) is 0 Å². The standard InChI is InChI=1S/C61H81ClN8O16/c1-34(2)28-47-57(78)84-45(13-9-14-48(71)68-44(30-39-21-26-46(82-8)42(62)29-39)54(75)66-33-61(6,7)58(79)85-47)36(5)52-53(86-52)40-22-17-37(18-23-40)31-65-60(81)83-32-38-19-24-41(25-20-38)67-55(76)43(12-11-27-64-59(63)80)69-56(77)51(35(3)4)70-49(72)15-10-16-50(73)74/h9,14,17-26,29,34-36,43-45,47,51-53H,10-13,15-16,27-28,30-33H2,1-8H3,(H,65,81)(H,66,75)(H,67,76)(H,68,71)(H,69,77)(H,70,72)(H,73,74)(H3,63,64,80)/b14-9+/t36-,43-,44+,45?,47-,51-,52+,53+/m0/s1. The highest BCUT2D eigenvalue weighted by Crippen LogP contribution is 2.45. The van der Waals surface area contributed by atoms with E-state index in [1.165, 1.54) is 13.2 Å². The van der Waals surface area contributed by atoms with Gasteiger partial charge in [0.1, 0.15) is 42.7 Å². The Bertz CT molecular complexity index is 2900. The smallest absolute Gasteiger partial charge is 0.407 e. The van der Waals surface area contributed by atoms with Crippen molar-refractivity contribution in [1.29, 1.82) is 0 Å². The quantitative estimate of drug-likeness (QED) is 0.0198. The number of amides is 8. The lowest BCUT2D eigenvalue weighted by molar-refractivity contribution is -0.179. The first-order valence-electron chi connectivity index (χ1n) is 28.6. The number of urea groups is 1. The van der Waals surface area contributed by atoms with E-state index in [0.29, 0.717) is 27.6 Å². The van der Waals surface area contributed by atoms with Gasteiger partial charge in [-0.25, -0.2) is 14.4 Å². The van der Waals surface area contributed by atoms with Crippen LogP contribution in [0.25, 0.3) is 0 Å². The zero-order chi connectivity index (χ0) is 63.3. The highest BCUT2D eigenvalue weighted by Gasteiger charge is 2.48. The molecule has 0 saturated carbocycles. The minimum Gasteiger partial charge on any atom is -0.495 e. The molecule has 8 amide bonds. The first kappa shape index (κ1) is 68.5. The number of anilines is 1. The van der Waals surface area contributed by atoms with Crippen LogP contribution in [0.15, 0.2) is 78.9 Å². The fourth-order valence-electron chi connectivity index (χ4n) is 9.16. The second kappa shape index (κ2) is 32.9. The summed E-state index contributed by atoms with van der Waals surface area (Å²) in [7, 11) is 1.48. The Kier molecular flexibility index (Phi) is 26.2. The molecule has 1 fully saturated rings. The summed E-state index contributed by atoms with van der Waals surface area (Å²) in [5.41, 5.74) is 7.08. The number of hydrogen-bond donors (Lipinski definition) is 9. The van der Waals surface area contributed by atoms with Gasteiger partial charge in [0.25, 0.3) is 0 Å². The van der Waals surface area contributed by atoms with Crippen molar-refractivity contribution >= 4 is 76.9 Å². The van der Waals surface area contributed by atoms with Gasteiger partial charge >= 0.3 is 30.0 Å². The number of nitrogens with two attached hydrogens (primary N) is 1. The fourth-order valence-corrected chi connectivity index (χ4v) is 9.44. The lowest BCUT2D eigenvalue weighted by atomic mass is 9.92. The van der Waals surface area contributed by atoms with E-state index in [2.05, 4.69) is 37.2 Å². The number of carbonyl (C=O) groups excluding carboxylic acids is 9. The van der Waals surface area contributed by atoms with E-state index in [1.807, 2.05) is 45.0 Å². The van der Waals surface area contributed by atoms with Gasteiger partial charge in [0.05, 0.1) is 23.7 Å². The molecule has 0 bridgehead atoms. The monoisotopic (exact) mass is 1220 g/mol. The van der Waals surface area contributed by atoms with E-state index in [1.54, 1.807) is 76.2 Å². The summed E-state index contributed by atoms with van der Waals surface area (Å²) >= 11 is 6.38. The molecule has 5 rings (SSSR count). The topological polar surface area (TPSA) is 351 Å². The summed E-state index contributed by atoms with van der Waals surface area (Å²) in [5, 5.41) is 28.0. The zero-order valence-electron chi connectivity index (χ0n) is 49.8. The Morgan fingerprint density at radius 3 is 2.17 bits per heavy atom. The van der Waals surface area contributed by atoms with Crippen LogP contribution in [0.4, 0.5) is 15.3 Å². The molecule has 3 aromatic rings. The molecule has 0 radical (unpaired) electrons. The van der Waals surface area contributed by atoms with Gasteiger partial charge in [-0.15, -0.1) is 0 Å². The number of rotatable bonds is 26. The third-order valence-corrected chi connectivity index (χ3v) is 14.6. The summed E-state index contributed by atoms with van der Waals surface area (Å²) in [4.78, 5) is 129. The maximum atomic E-state index is 14.0. The molecule has 0 aliphatic carbocycles. The van der Waals surface area contributed by atoms with Crippen LogP contribution in [0.2, 0.25) is 5.02 Å². The number of carboxylic acids is 1. The van der Waals surface area contributed by atoms with E-state index in [-0.39, 0.29) is 95.5 Å². The van der Waals surface area contributed by atoms with Crippen molar-refractivity contribution in [3.05, 3.63) is 106 Å². The third kappa shape index (κ3) is 22.3. The molecule has 0 aromatic heterocycles. The number of cyclic esters (lactones) is 2. The number of hydrogen-bond acceptors (Lipinski definition) is 15. The highest BCUT2D eigenvalue weighted by atomic mass is 35.5. The minimum absolute atomic E-state index is 0.0651. The lowest BCUT2D eigenvalue weighted by Gasteiger charge is -2.29. The van der Waals surface area contributed by atoms with Crippen molar-refractivity contribution in [1.82, 2.24) is 31.9 Å². The molecule has 3 aromatic carbocycles. The number of carboxylic acid groups (broad SMARTS) is 1. The van der Waals surface area contributed by atoms with Crippen LogP contribution in [0.5, 0.6) is 5.75 Å². The molecule has 24 nitrogen and oxygen atoms in total. The molecule has 25 heteroatoms. The number of primary amides is 1. The molecule has 1 unspecified atom stereocenters. The van der Waals surface area contributed by atoms with Crippen LogP contribution in [-0.2, 0) is 76.9 Å². The predicted molar refractivity (Wildman–Crippen MR) is 316 cm³/mol. The van der Waals surface area contributed by atoms with Crippen LogP contribution >= 0.6 is 11.6 Å². The van der Waals surface area contributed by atoms with Gasteiger partial charge in [0.15, 0.2) is 6.10 Å². The van der Waals surface area contributed by atoms with Crippen molar-refractivity contribution < 1.29 is 76.7 Å². The van der Waals surface area contributed by atoms with Crippen molar-refractivity contribution in [3.8, 4) is 5.75 Å². The molecule has 2 aliphatic rings. The highest BCUT2D eigenvalue weighted by molar-refractivity contribution is 6.32. The normalized spacial score (nSPS) is 20.3. The summed E-state index contributed by atoms with van der Waals surface area (Å²) in [6.45, 7) is 12.2. The van der Waals surface area contributed by atoms with Crippen LogP contribution in [0.3, 0.4) is 0 Å². The van der Waals surface area contributed by atoms with E-state index in [0.717, 1.165) is 11.1 Å². The molecule has 2 aliphatic heterocycles. The van der Waals surface area contributed by atoms with E-state index >= 15 is 0 Å². The minimum atomic E-state index is -1.29. The van der Waals surface area contributed by atoms with Crippen molar-refractivity contribution in [2.24, 2.45) is 28.9 Å². The Balaban J connectivity index is 1.16. The van der Waals surface area contributed by atoms with Gasteiger partial charge in [-0.05, 0) is 104 Å². The average Bonchev–Trinajstić information content (AvgIpc) is 2.02. The van der Waals surface area contributed by atoms with Gasteiger partial charge in [0.2, 0.25) is 29.5 Å². The first-order valence-corrected chi connectivity index (χ1v) is 29.0. The number of methoxy groups -OCH3 is 1. The zero-order valence-corrected chi connectivity index (χ0v) is 50.5. The number of aliphatic carboxylic acids is 1. The maximum absolute atomic E-state index is 14.0. The van der Waals surface area contributed by atoms with E-state index in [4.69, 9.17) is 46.1 Å².